The topological polar surface area (TPSA) is 59.1 Å². The maximum Gasteiger partial charge on any atom is 0.129 e. The van der Waals surface area contributed by atoms with E-state index in [-0.39, 0.29) is 11.8 Å². The molecule has 2 unspecified atom stereocenters. The number of aromatic nitrogens is 1. The number of hydrogen-bond donors (Lipinski definition) is 2. The number of nitrogens with two attached hydrogens (primary N) is 1. The van der Waals surface area contributed by atoms with Crippen molar-refractivity contribution in [3.63, 3.8) is 0 Å². The van der Waals surface area contributed by atoms with Crippen molar-refractivity contribution in [1.29, 1.82) is 0 Å². The maximum atomic E-state index is 11.6. The summed E-state index contributed by atoms with van der Waals surface area (Å²) in [6.07, 6.45) is 5.66. The highest BCUT2D eigenvalue weighted by molar-refractivity contribution is 5.46. The SMILES string of the molecule is Nc1ncccc1C1(O)C2CCC1Cc1ccccc1C2. The molecule has 2 atom stereocenters. The second kappa shape index (κ2) is 4.57. The van der Waals surface area contributed by atoms with Crippen molar-refractivity contribution in [3.8, 4) is 0 Å². The smallest absolute Gasteiger partial charge is 0.129 e. The van der Waals surface area contributed by atoms with Gasteiger partial charge in [0, 0.05) is 11.8 Å². The molecule has 2 aliphatic rings. The average molecular weight is 280 g/mol. The zero-order chi connectivity index (χ0) is 14.4. The quantitative estimate of drug-likeness (QED) is 0.844. The third-order valence-electron chi connectivity index (χ3n) is 5.43. The van der Waals surface area contributed by atoms with Crippen molar-refractivity contribution in [2.75, 3.05) is 5.73 Å². The Hall–Kier alpha value is -1.87. The molecule has 0 aliphatic heterocycles. The van der Waals surface area contributed by atoms with Crippen molar-refractivity contribution in [2.24, 2.45) is 11.8 Å². The third-order valence-corrected chi connectivity index (χ3v) is 5.43. The number of aliphatic hydroxyl groups is 1. The molecule has 2 bridgehead atoms. The highest BCUT2D eigenvalue weighted by Crippen LogP contribution is 2.53. The fourth-order valence-corrected chi connectivity index (χ4v) is 4.37. The lowest BCUT2D eigenvalue weighted by Crippen LogP contribution is -2.38. The molecule has 1 aromatic carbocycles. The largest absolute Gasteiger partial charge is 0.384 e. The minimum atomic E-state index is -0.836. The van der Waals surface area contributed by atoms with Crippen LogP contribution in [0, 0.1) is 11.8 Å². The minimum absolute atomic E-state index is 0.234. The van der Waals surface area contributed by atoms with Gasteiger partial charge in [0.05, 0.1) is 5.60 Å². The van der Waals surface area contributed by atoms with Crippen molar-refractivity contribution < 1.29 is 5.11 Å². The van der Waals surface area contributed by atoms with Crippen molar-refractivity contribution in [3.05, 3.63) is 59.3 Å². The lowest BCUT2D eigenvalue weighted by atomic mass is 9.77. The van der Waals surface area contributed by atoms with E-state index in [0.717, 1.165) is 31.2 Å². The number of fused-ring (bicyclic) bond motifs is 3. The van der Waals surface area contributed by atoms with E-state index in [9.17, 15) is 5.11 Å². The monoisotopic (exact) mass is 280 g/mol. The molecule has 21 heavy (non-hydrogen) atoms. The fraction of sp³-hybridized carbons (Fsp3) is 0.389. The first-order valence-corrected chi connectivity index (χ1v) is 7.69. The molecule has 2 aliphatic carbocycles. The standard InChI is InChI=1S/C18H20N2O/c19-17-16(6-3-9-20-17)18(21)14-7-8-15(18)11-13-5-2-1-4-12(13)10-14/h1-6,9,14-15,21H,7-8,10-11H2,(H2,19,20). The Morgan fingerprint density at radius 2 is 1.62 bits per heavy atom. The second-order valence-corrected chi connectivity index (χ2v) is 6.41. The zero-order valence-corrected chi connectivity index (χ0v) is 12.0. The lowest BCUT2D eigenvalue weighted by Gasteiger charge is -2.34. The molecule has 0 amide bonds. The van der Waals surface area contributed by atoms with Crippen molar-refractivity contribution >= 4 is 5.82 Å². The number of benzene rings is 1. The van der Waals surface area contributed by atoms with E-state index in [1.165, 1.54) is 11.1 Å². The summed E-state index contributed by atoms with van der Waals surface area (Å²) in [5.41, 5.74) is 8.82. The van der Waals surface area contributed by atoms with E-state index in [1.807, 2.05) is 12.1 Å². The molecule has 1 heterocycles. The average Bonchev–Trinajstić information content (AvgIpc) is 2.71. The summed E-state index contributed by atoms with van der Waals surface area (Å²) in [6, 6.07) is 12.4. The minimum Gasteiger partial charge on any atom is -0.384 e. The van der Waals surface area contributed by atoms with E-state index in [0.29, 0.717) is 5.82 Å². The molecular formula is C18H20N2O. The number of anilines is 1. The van der Waals surface area contributed by atoms with Crippen LogP contribution >= 0.6 is 0 Å². The number of hydrogen-bond acceptors (Lipinski definition) is 3. The van der Waals surface area contributed by atoms with E-state index in [2.05, 4.69) is 29.2 Å². The molecule has 0 saturated heterocycles. The van der Waals surface area contributed by atoms with Gasteiger partial charge in [-0.25, -0.2) is 4.98 Å². The van der Waals surface area contributed by atoms with E-state index in [4.69, 9.17) is 5.73 Å². The Morgan fingerprint density at radius 3 is 2.19 bits per heavy atom. The first-order valence-electron chi connectivity index (χ1n) is 7.69. The van der Waals surface area contributed by atoms with Crippen molar-refractivity contribution in [1.82, 2.24) is 4.98 Å². The van der Waals surface area contributed by atoms with Crippen LogP contribution < -0.4 is 5.73 Å². The predicted octanol–water partition coefficient (Wildman–Crippen LogP) is 2.68. The van der Waals surface area contributed by atoms with Gasteiger partial charge < -0.3 is 10.8 Å². The Kier molecular flexibility index (Phi) is 2.79. The molecule has 3 N–H and O–H groups in total. The van der Waals surface area contributed by atoms with E-state index < -0.39 is 5.60 Å². The van der Waals surface area contributed by atoms with Gasteiger partial charge in [-0.1, -0.05) is 30.3 Å². The highest BCUT2D eigenvalue weighted by atomic mass is 16.3. The van der Waals surface area contributed by atoms with E-state index >= 15 is 0 Å². The van der Waals surface area contributed by atoms with E-state index in [1.54, 1.807) is 6.20 Å². The Labute approximate surface area is 124 Å². The summed E-state index contributed by atoms with van der Waals surface area (Å²) in [4.78, 5) is 4.19. The Bertz CT molecular complexity index is 649. The highest BCUT2D eigenvalue weighted by Gasteiger charge is 2.52. The predicted molar refractivity (Wildman–Crippen MR) is 82.6 cm³/mol. The molecule has 1 saturated carbocycles. The first-order chi connectivity index (χ1) is 10.2. The Balaban J connectivity index is 1.84. The second-order valence-electron chi connectivity index (χ2n) is 6.41. The van der Waals surface area contributed by atoms with Gasteiger partial charge >= 0.3 is 0 Å². The molecular weight excluding hydrogens is 260 g/mol. The molecule has 3 nitrogen and oxygen atoms in total. The van der Waals surface area contributed by atoms with Crippen LogP contribution in [0.1, 0.15) is 29.5 Å². The zero-order valence-electron chi connectivity index (χ0n) is 12.0. The molecule has 1 fully saturated rings. The van der Waals surface area contributed by atoms with Gasteiger partial charge in [0.2, 0.25) is 0 Å². The number of pyridine rings is 1. The summed E-state index contributed by atoms with van der Waals surface area (Å²) in [5, 5.41) is 11.6. The number of nitrogens with zero attached hydrogens (tertiary/aromatic N) is 1. The first kappa shape index (κ1) is 12.8. The summed E-state index contributed by atoms with van der Waals surface area (Å²) >= 11 is 0. The van der Waals surface area contributed by atoms with Crippen LogP contribution in [0.3, 0.4) is 0 Å². The van der Waals surface area contributed by atoms with Crippen LogP contribution in [0.5, 0.6) is 0 Å². The van der Waals surface area contributed by atoms with Gasteiger partial charge in [0.25, 0.3) is 0 Å². The third kappa shape index (κ3) is 1.80. The summed E-state index contributed by atoms with van der Waals surface area (Å²) in [5.74, 6) is 0.943. The van der Waals surface area contributed by atoms with Gasteiger partial charge in [-0.05, 0) is 54.7 Å². The molecule has 1 aromatic heterocycles. The van der Waals surface area contributed by atoms with Crippen molar-refractivity contribution in [2.45, 2.75) is 31.3 Å². The lowest BCUT2D eigenvalue weighted by molar-refractivity contribution is -0.0390. The van der Waals surface area contributed by atoms with Crippen LogP contribution in [0.25, 0.3) is 0 Å². The number of rotatable bonds is 1. The van der Waals surface area contributed by atoms with Gasteiger partial charge in [-0.2, -0.15) is 0 Å². The summed E-state index contributed by atoms with van der Waals surface area (Å²) < 4.78 is 0. The number of nitrogen functional groups attached to an aromatic ring is 1. The summed E-state index contributed by atoms with van der Waals surface area (Å²) in [7, 11) is 0. The van der Waals surface area contributed by atoms with Crippen LogP contribution in [-0.4, -0.2) is 10.1 Å². The van der Waals surface area contributed by atoms with Crippen LogP contribution in [0.15, 0.2) is 42.6 Å². The summed E-state index contributed by atoms with van der Waals surface area (Å²) in [6.45, 7) is 0. The van der Waals surface area contributed by atoms with Gasteiger partial charge in [-0.3, -0.25) is 0 Å². The molecule has 3 heteroatoms. The van der Waals surface area contributed by atoms with Gasteiger partial charge in [0.15, 0.2) is 0 Å². The molecule has 2 aromatic rings. The fourth-order valence-electron chi connectivity index (χ4n) is 4.37. The maximum absolute atomic E-state index is 11.6. The van der Waals surface area contributed by atoms with Gasteiger partial charge in [-0.15, -0.1) is 0 Å². The van der Waals surface area contributed by atoms with Crippen LogP contribution in [0.4, 0.5) is 5.82 Å². The van der Waals surface area contributed by atoms with Gasteiger partial charge in [0.1, 0.15) is 5.82 Å². The van der Waals surface area contributed by atoms with Crippen LogP contribution in [0.2, 0.25) is 0 Å². The molecule has 0 spiro atoms. The molecule has 0 radical (unpaired) electrons. The molecule has 108 valence electrons. The molecule has 4 rings (SSSR count). The normalized spacial score (nSPS) is 30.7. The Morgan fingerprint density at radius 1 is 1.00 bits per heavy atom. The van der Waals surface area contributed by atoms with Crippen LogP contribution in [-0.2, 0) is 18.4 Å².